The number of nitrogens with one attached hydrogen (secondary N) is 2. The SMILES string of the molecule is COc1ccc(NC(=O)N2CCc3c2ccc(S(=O)(=O)N2CCNC2=O)c3-c2ccccc2)cc1. The van der Waals surface area contributed by atoms with Gasteiger partial charge in [-0.25, -0.2) is 22.3 Å². The van der Waals surface area contributed by atoms with E-state index >= 15 is 0 Å². The molecule has 0 unspecified atom stereocenters. The van der Waals surface area contributed by atoms with Crippen molar-refractivity contribution in [1.82, 2.24) is 9.62 Å². The van der Waals surface area contributed by atoms with Gasteiger partial charge in [0.15, 0.2) is 0 Å². The van der Waals surface area contributed by atoms with Crippen LogP contribution in [0, 0.1) is 0 Å². The number of hydrogen-bond acceptors (Lipinski definition) is 5. The van der Waals surface area contributed by atoms with Gasteiger partial charge in [0, 0.05) is 30.0 Å². The second-order valence-electron chi connectivity index (χ2n) is 8.17. The number of rotatable bonds is 5. The molecule has 0 radical (unpaired) electrons. The number of anilines is 2. The molecule has 2 aliphatic heterocycles. The normalized spacial score (nSPS) is 15.1. The van der Waals surface area contributed by atoms with Gasteiger partial charge in [0.25, 0.3) is 10.0 Å². The molecule has 0 bridgehead atoms. The zero-order valence-corrected chi connectivity index (χ0v) is 19.8. The first-order valence-electron chi connectivity index (χ1n) is 11.1. The van der Waals surface area contributed by atoms with Crippen molar-refractivity contribution in [3.63, 3.8) is 0 Å². The first-order valence-corrected chi connectivity index (χ1v) is 12.6. The number of urea groups is 2. The maximum Gasteiger partial charge on any atom is 0.331 e. The number of nitrogens with zero attached hydrogens (tertiary/aromatic N) is 2. The van der Waals surface area contributed by atoms with Crippen LogP contribution in [0.15, 0.2) is 71.6 Å². The minimum atomic E-state index is -4.09. The van der Waals surface area contributed by atoms with Gasteiger partial charge in [-0.2, -0.15) is 0 Å². The molecule has 1 fully saturated rings. The van der Waals surface area contributed by atoms with Crippen LogP contribution in [-0.4, -0.2) is 51.5 Å². The van der Waals surface area contributed by atoms with E-state index in [-0.39, 0.29) is 24.0 Å². The smallest absolute Gasteiger partial charge is 0.331 e. The van der Waals surface area contributed by atoms with E-state index < -0.39 is 16.1 Å². The molecule has 2 N–H and O–H groups in total. The van der Waals surface area contributed by atoms with Gasteiger partial charge in [0.05, 0.1) is 18.6 Å². The molecule has 5 rings (SSSR count). The Morgan fingerprint density at radius 1 is 1.00 bits per heavy atom. The molecule has 0 aromatic heterocycles. The van der Waals surface area contributed by atoms with Gasteiger partial charge in [-0.05, 0) is 53.9 Å². The molecule has 2 heterocycles. The molecule has 0 aliphatic carbocycles. The topological polar surface area (TPSA) is 108 Å². The van der Waals surface area contributed by atoms with E-state index in [4.69, 9.17) is 4.74 Å². The lowest BCUT2D eigenvalue weighted by Gasteiger charge is -2.22. The second-order valence-corrected chi connectivity index (χ2v) is 10.0. The van der Waals surface area contributed by atoms with E-state index in [0.29, 0.717) is 41.2 Å². The second kappa shape index (κ2) is 8.95. The van der Waals surface area contributed by atoms with Gasteiger partial charge in [-0.15, -0.1) is 0 Å². The first-order chi connectivity index (χ1) is 16.9. The van der Waals surface area contributed by atoms with E-state index in [0.717, 1.165) is 9.87 Å². The Bertz CT molecular complexity index is 1390. The molecule has 2 aliphatic rings. The molecule has 1 saturated heterocycles. The lowest BCUT2D eigenvalue weighted by atomic mass is 9.98. The molecule has 0 spiro atoms. The number of hydrogen-bond donors (Lipinski definition) is 2. The van der Waals surface area contributed by atoms with Crippen LogP contribution >= 0.6 is 0 Å². The van der Waals surface area contributed by atoms with Crippen LogP contribution in [0.25, 0.3) is 11.1 Å². The fraction of sp³-hybridized carbons (Fsp3) is 0.200. The summed E-state index contributed by atoms with van der Waals surface area (Å²) in [4.78, 5) is 27.0. The van der Waals surface area contributed by atoms with Crippen molar-refractivity contribution in [2.24, 2.45) is 0 Å². The third-order valence-electron chi connectivity index (χ3n) is 6.16. The molecule has 9 nitrogen and oxygen atoms in total. The van der Waals surface area contributed by atoms with E-state index in [1.807, 2.05) is 30.3 Å². The quantitative estimate of drug-likeness (QED) is 0.565. The maximum atomic E-state index is 13.5. The maximum absolute atomic E-state index is 13.5. The molecule has 35 heavy (non-hydrogen) atoms. The number of carbonyl (C=O) groups is 2. The lowest BCUT2D eigenvalue weighted by molar-refractivity contribution is 0.236. The van der Waals surface area contributed by atoms with Crippen molar-refractivity contribution in [2.45, 2.75) is 11.3 Å². The third kappa shape index (κ3) is 4.06. The number of benzene rings is 3. The third-order valence-corrected chi connectivity index (χ3v) is 7.99. The predicted molar refractivity (Wildman–Crippen MR) is 132 cm³/mol. The number of amides is 4. The van der Waals surface area contributed by atoms with E-state index in [1.54, 1.807) is 42.3 Å². The van der Waals surface area contributed by atoms with Crippen LogP contribution in [-0.2, 0) is 16.4 Å². The molecule has 0 saturated carbocycles. The van der Waals surface area contributed by atoms with E-state index in [2.05, 4.69) is 10.6 Å². The highest BCUT2D eigenvalue weighted by Gasteiger charge is 2.37. The van der Waals surface area contributed by atoms with Crippen molar-refractivity contribution < 1.29 is 22.7 Å². The highest BCUT2D eigenvalue weighted by Crippen LogP contribution is 2.41. The van der Waals surface area contributed by atoms with Crippen molar-refractivity contribution in [3.05, 3.63) is 72.3 Å². The number of fused-ring (bicyclic) bond motifs is 1. The summed E-state index contributed by atoms with van der Waals surface area (Å²) in [5, 5.41) is 5.43. The van der Waals surface area contributed by atoms with Crippen LogP contribution in [0.4, 0.5) is 21.0 Å². The first kappa shape index (κ1) is 22.7. The summed E-state index contributed by atoms with van der Waals surface area (Å²) in [6.45, 7) is 0.733. The largest absolute Gasteiger partial charge is 0.497 e. The van der Waals surface area contributed by atoms with Gasteiger partial charge >= 0.3 is 12.1 Å². The summed E-state index contributed by atoms with van der Waals surface area (Å²) in [7, 11) is -2.52. The van der Waals surface area contributed by atoms with Gasteiger partial charge in [0.2, 0.25) is 0 Å². The van der Waals surface area contributed by atoms with Gasteiger partial charge in [0.1, 0.15) is 5.75 Å². The Hall–Kier alpha value is -4.05. The fourth-order valence-corrected chi connectivity index (χ4v) is 6.07. The number of sulfonamides is 1. The summed E-state index contributed by atoms with van der Waals surface area (Å²) in [5.41, 5.74) is 3.23. The average molecular weight is 493 g/mol. The Labute approximate surface area is 203 Å². The molecule has 10 heteroatoms. The van der Waals surface area contributed by atoms with Gasteiger partial charge in [-0.1, -0.05) is 30.3 Å². The number of ether oxygens (including phenoxy) is 1. The zero-order valence-electron chi connectivity index (χ0n) is 19.0. The summed E-state index contributed by atoms with van der Waals surface area (Å²) in [6, 6.07) is 18.4. The van der Waals surface area contributed by atoms with Crippen molar-refractivity contribution >= 4 is 33.5 Å². The Kier molecular flexibility index (Phi) is 5.81. The Morgan fingerprint density at radius 3 is 2.40 bits per heavy atom. The fourth-order valence-electron chi connectivity index (χ4n) is 4.48. The molecule has 0 atom stereocenters. The Morgan fingerprint density at radius 2 is 1.74 bits per heavy atom. The standard InChI is InChI=1S/C25H24N4O5S/c1-34-19-9-7-18(8-10-19)27-25(31)28-15-13-20-21(28)11-12-22(23(20)17-5-3-2-4-6-17)35(32,33)29-16-14-26-24(29)30/h2-12H,13-16H2,1H3,(H,26,30)(H,27,31). The average Bonchev–Trinajstić information content (AvgIpc) is 3.51. The van der Waals surface area contributed by atoms with Crippen molar-refractivity contribution in [1.29, 1.82) is 0 Å². The molecule has 4 amide bonds. The van der Waals surface area contributed by atoms with Crippen molar-refractivity contribution in [3.8, 4) is 16.9 Å². The molecule has 180 valence electrons. The highest BCUT2D eigenvalue weighted by molar-refractivity contribution is 7.89. The number of methoxy groups -OCH3 is 1. The van der Waals surface area contributed by atoms with Crippen LogP contribution in [0.5, 0.6) is 5.75 Å². The zero-order chi connectivity index (χ0) is 24.6. The van der Waals surface area contributed by atoms with Crippen LogP contribution in [0.3, 0.4) is 0 Å². The lowest BCUT2D eigenvalue weighted by Crippen LogP contribution is -2.35. The summed E-state index contributed by atoms with van der Waals surface area (Å²) in [5.74, 6) is 0.683. The molecule has 3 aromatic carbocycles. The van der Waals surface area contributed by atoms with Gasteiger partial charge in [-0.3, -0.25) is 4.90 Å². The van der Waals surface area contributed by atoms with Gasteiger partial charge < -0.3 is 15.4 Å². The number of carbonyl (C=O) groups excluding carboxylic acids is 2. The van der Waals surface area contributed by atoms with Crippen LogP contribution in [0.2, 0.25) is 0 Å². The van der Waals surface area contributed by atoms with Crippen LogP contribution in [0.1, 0.15) is 5.56 Å². The summed E-state index contributed by atoms with van der Waals surface area (Å²) in [6.07, 6.45) is 0.477. The summed E-state index contributed by atoms with van der Waals surface area (Å²) >= 11 is 0. The molecule has 3 aromatic rings. The highest BCUT2D eigenvalue weighted by atomic mass is 32.2. The van der Waals surface area contributed by atoms with E-state index in [9.17, 15) is 18.0 Å². The minimum absolute atomic E-state index is 0.0527. The van der Waals surface area contributed by atoms with E-state index in [1.165, 1.54) is 6.07 Å². The summed E-state index contributed by atoms with van der Waals surface area (Å²) < 4.78 is 33.0. The Balaban J connectivity index is 1.55. The molecular formula is C25H24N4O5S. The van der Waals surface area contributed by atoms with Crippen LogP contribution < -0.4 is 20.3 Å². The molecular weight excluding hydrogens is 468 g/mol. The minimum Gasteiger partial charge on any atom is -0.497 e. The predicted octanol–water partition coefficient (Wildman–Crippen LogP) is 3.67. The van der Waals surface area contributed by atoms with Crippen molar-refractivity contribution in [2.75, 3.05) is 37.0 Å². The monoisotopic (exact) mass is 492 g/mol.